The first-order valence-corrected chi connectivity index (χ1v) is 12.0. The van der Waals surface area contributed by atoms with Gasteiger partial charge in [0.05, 0.1) is 10.9 Å². The van der Waals surface area contributed by atoms with E-state index in [2.05, 4.69) is 50.0 Å². The fraction of sp³-hybridized carbons (Fsp3) is 0.579. The van der Waals surface area contributed by atoms with E-state index in [4.69, 9.17) is 0 Å². The van der Waals surface area contributed by atoms with Crippen LogP contribution in [0.15, 0.2) is 29.7 Å². The van der Waals surface area contributed by atoms with Crippen molar-refractivity contribution in [3.63, 3.8) is 0 Å². The lowest BCUT2D eigenvalue weighted by Gasteiger charge is -2.29. The second kappa shape index (κ2) is 9.43. The normalized spacial score (nSPS) is 23.3. The Kier molecular flexibility index (Phi) is 7.22. The van der Waals surface area contributed by atoms with E-state index in [0.29, 0.717) is 5.92 Å². The van der Waals surface area contributed by atoms with Gasteiger partial charge in [-0.3, -0.25) is 0 Å². The molecule has 0 amide bonds. The third-order valence-electron chi connectivity index (χ3n) is 5.25. The van der Waals surface area contributed by atoms with Gasteiger partial charge in [0, 0.05) is 18.0 Å². The molecular weight excluding hydrogens is 380 g/mol. The Morgan fingerprint density at radius 3 is 2.44 bits per heavy atom. The van der Waals surface area contributed by atoms with Crippen LogP contribution in [-0.2, 0) is 16.6 Å². The molecule has 0 spiro atoms. The second-order valence-corrected chi connectivity index (χ2v) is 10.6. The van der Waals surface area contributed by atoms with Crippen molar-refractivity contribution in [1.29, 1.82) is 0 Å². The molecule has 8 heteroatoms. The standard InChI is InChI=1S/C19H30N4O2S2/c1-14(2)27(24,25)22-18-9-5-16(6-10-18)12-20-11-15-3-7-17(8-4-15)19-13-26-23-21-19/h3-4,7-8,13-14,16,18,20-23H,5-6,9-12H2,1-2H3. The van der Waals surface area contributed by atoms with Crippen LogP contribution in [0.2, 0.25) is 0 Å². The third-order valence-corrected chi connectivity index (χ3v) is 7.72. The Morgan fingerprint density at radius 1 is 1.15 bits per heavy atom. The molecule has 0 atom stereocenters. The van der Waals surface area contributed by atoms with E-state index in [1.165, 1.54) is 11.1 Å². The Bertz CT molecular complexity index is 739. The van der Waals surface area contributed by atoms with Crippen molar-refractivity contribution in [1.82, 2.24) is 20.3 Å². The van der Waals surface area contributed by atoms with E-state index in [1.54, 1.807) is 25.8 Å². The largest absolute Gasteiger partial charge is 0.312 e. The van der Waals surface area contributed by atoms with Gasteiger partial charge in [-0.1, -0.05) is 24.3 Å². The van der Waals surface area contributed by atoms with Gasteiger partial charge in [-0.15, -0.1) is 0 Å². The number of nitrogens with one attached hydrogen (secondary N) is 4. The molecule has 0 bridgehead atoms. The average Bonchev–Trinajstić information content (AvgIpc) is 3.18. The average molecular weight is 411 g/mol. The molecule has 6 nitrogen and oxygen atoms in total. The predicted molar refractivity (Wildman–Crippen MR) is 113 cm³/mol. The van der Waals surface area contributed by atoms with Crippen molar-refractivity contribution in [3.8, 4) is 0 Å². The van der Waals surface area contributed by atoms with Crippen molar-refractivity contribution in [3.05, 3.63) is 40.8 Å². The lowest BCUT2D eigenvalue weighted by atomic mass is 9.86. The van der Waals surface area contributed by atoms with Gasteiger partial charge in [-0.05, 0) is 75.1 Å². The van der Waals surface area contributed by atoms with Crippen molar-refractivity contribution >= 4 is 27.7 Å². The Labute approximate surface area is 167 Å². The molecule has 0 saturated heterocycles. The smallest absolute Gasteiger partial charge is 0.214 e. The fourth-order valence-electron chi connectivity index (χ4n) is 3.42. The van der Waals surface area contributed by atoms with Crippen LogP contribution in [0.3, 0.4) is 0 Å². The van der Waals surface area contributed by atoms with E-state index >= 15 is 0 Å². The molecule has 0 aromatic heterocycles. The van der Waals surface area contributed by atoms with Crippen molar-refractivity contribution in [2.45, 2.75) is 57.4 Å². The van der Waals surface area contributed by atoms with Gasteiger partial charge in [-0.2, -0.15) is 4.83 Å². The Balaban J connectivity index is 1.37. The second-order valence-electron chi connectivity index (χ2n) is 7.63. The molecular formula is C19H30N4O2S2. The summed E-state index contributed by atoms with van der Waals surface area (Å²) in [5, 5.41) is 5.25. The Hall–Kier alpha value is -1.06. The van der Waals surface area contributed by atoms with E-state index in [9.17, 15) is 8.42 Å². The minimum absolute atomic E-state index is 0.104. The summed E-state index contributed by atoms with van der Waals surface area (Å²) in [6.07, 6.45) is 4.01. The minimum atomic E-state index is -3.16. The molecule has 2 aliphatic rings. The summed E-state index contributed by atoms with van der Waals surface area (Å²) in [6.45, 7) is 5.29. The maximum absolute atomic E-state index is 12.0. The molecule has 1 aromatic carbocycles. The summed E-state index contributed by atoms with van der Waals surface area (Å²) in [5.74, 6) is 0.625. The summed E-state index contributed by atoms with van der Waals surface area (Å²) in [4.78, 5) is 3.00. The van der Waals surface area contributed by atoms with Crippen molar-refractivity contribution < 1.29 is 8.42 Å². The van der Waals surface area contributed by atoms with Crippen LogP contribution in [0.1, 0.15) is 50.7 Å². The van der Waals surface area contributed by atoms with Gasteiger partial charge in [0.1, 0.15) is 0 Å². The molecule has 1 aliphatic carbocycles. The van der Waals surface area contributed by atoms with E-state index in [-0.39, 0.29) is 11.3 Å². The molecule has 1 aliphatic heterocycles. The van der Waals surface area contributed by atoms with Crippen LogP contribution in [0.5, 0.6) is 0 Å². The van der Waals surface area contributed by atoms with Crippen LogP contribution >= 0.6 is 11.9 Å². The molecule has 3 rings (SSSR count). The van der Waals surface area contributed by atoms with E-state index in [1.807, 2.05) is 0 Å². The Morgan fingerprint density at radius 2 is 1.85 bits per heavy atom. The van der Waals surface area contributed by atoms with Crippen LogP contribution in [-0.4, -0.2) is 26.3 Å². The summed E-state index contributed by atoms with van der Waals surface area (Å²) in [5.41, 5.74) is 6.67. The molecule has 1 fully saturated rings. The van der Waals surface area contributed by atoms with Crippen LogP contribution in [0.25, 0.3) is 5.70 Å². The zero-order chi connectivity index (χ0) is 19.3. The van der Waals surface area contributed by atoms with E-state index < -0.39 is 10.0 Å². The lowest BCUT2D eigenvalue weighted by molar-refractivity contribution is 0.302. The van der Waals surface area contributed by atoms with E-state index in [0.717, 1.165) is 44.5 Å². The first kappa shape index (κ1) is 20.7. The van der Waals surface area contributed by atoms with Gasteiger partial charge in [-0.25, -0.2) is 13.1 Å². The molecule has 0 unspecified atom stereocenters. The predicted octanol–water partition coefficient (Wildman–Crippen LogP) is 2.72. The number of rotatable bonds is 8. The topological polar surface area (TPSA) is 82.3 Å². The number of sulfonamides is 1. The summed E-state index contributed by atoms with van der Waals surface area (Å²) in [7, 11) is -3.16. The molecule has 1 saturated carbocycles. The quantitative estimate of drug-likeness (QED) is 0.494. The van der Waals surface area contributed by atoms with Crippen molar-refractivity contribution in [2.75, 3.05) is 6.54 Å². The van der Waals surface area contributed by atoms with Gasteiger partial charge < -0.3 is 10.7 Å². The molecule has 1 aromatic rings. The molecule has 1 heterocycles. The number of benzene rings is 1. The zero-order valence-electron chi connectivity index (χ0n) is 16.0. The van der Waals surface area contributed by atoms with Crippen LogP contribution in [0, 0.1) is 5.92 Å². The number of hydrogen-bond acceptors (Lipinski definition) is 6. The maximum atomic E-state index is 12.0. The number of hydrogen-bond donors (Lipinski definition) is 4. The maximum Gasteiger partial charge on any atom is 0.214 e. The SMILES string of the molecule is CC(C)S(=O)(=O)NC1CCC(CNCc2ccc(C3=CSNN3)cc2)CC1. The highest BCUT2D eigenvalue weighted by Crippen LogP contribution is 2.25. The van der Waals surface area contributed by atoms with Gasteiger partial charge in [0.25, 0.3) is 0 Å². The third kappa shape index (κ3) is 5.96. The lowest BCUT2D eigenvalue weighted by Crippen LogP contribution is -2.41. The highest BCUT2D eigenvalue weighted by Gasteiger charge is 2.26. The van der Waals surface area contributed by atoms with Crippen LogP contribution < -0.4 is 20.3 Å². The highest BCUT2D eigenvalue weighted by atomic mass is 32.2. The minimum Gasteiger partial charge on any atom is -0.312 e. The first-order valence-electron chi connectivity index (χ1n) is 9.62. The van der Waals surface area contributed by atoms with Gasteiger partial charge in [0.15, 0.2) is 0 Å². The van der Waals surface area contributed by atoms with Gasteiger partial charge >= 0.3 is 0 Å². The fourth-order valence-corrected chi connectivity index (χ4v) is 4.93. The van der Waals surface area contributed by atoms with Crippen molar-refractivity contribution in [2.24, 2.45) is 5.92 Å². The zero-order valence-corrected chi connectivity index (χ0v) is 17.6. The molecule has 0 radical (unpaired) electrons. The first-order chi connectivity index (χ1) is 12.9. The summed E-state index contributed by atoms with van der Waals surface area (Å²) in [6, 6.07) is 8.69. The molecule has 27 heavy (non-hydrogen) atoms. The number of hydrazine groups is 1. The summed E-state index contributed by atoms with van der Waals surface area (Å²) >= 11 is 1.54. The summed E-state index contributed by atoms with van der Waals surface area (Å²) < 4.78 is 26.8. The highest BCUT2D eigenvalue weighted by molar-refractivity contribution is 8.00. The molecule has 4 N–H and O–H groups in total. The van der Waals surface area contributed by atoms with Crippen LogP contribution in [0.4, 0.5) is 0 Å². The van der Waals surface area contributed by atoms with Gasteiger partial charge in [0.2, 0.25) is 10.0 Å². The monoisotopic (exact) mass is 410 g/mol. The molecule has 150 valence electrons.